The summed E-state index contributed by atoms with van der Waals surface area (Å²) >= 11 is 0. The van der Waals surface area contributed by atoms with E-state index in [0.717, 1.165) is 5.56 Å². The molecule has 1 saturated heterocycles. The van der Waals surface area contributed by atoms with Crippen LogP contribution >= 0.6 is 0 Å². The molecule has 5 aliphatic rings. The Morgan fingerprint density at radius 3 is 2.21 bits per heavy atom. The van der Waals surface area contributed by atoms with Crippen LogP contribution in [-0.4, -0.2) is 84.8 Å². The lowest BCUT2D eigenvalue weighted by Crippen LogP contribution is -2.69. The molecule has 6 rings (SSSR count). The van der Waals surface area contributed by atoms with E-state index in [9.17, 15) is 24.3 Å². The van der Waals surface area contributed by atoms with E-state index < -0.39 is 76.7 Å². The molecule has 4 bridgehead atoms. The van der Waals surface area contributed by atoms with Gasteiger partial charge in [0.1, 0.15) is 18.3 Å². The van der Waals surface area contributed by atoms with Crippen LogP contribution in [-0.2, 0) is 42.9 Å². The minimum Gasteiger partial charge on any atom is -0.462 e. The van der Waals surface area contributed by atoms with E-state index in [1.807, 2.05) is 63.2 Å². The van der Waals surface area contributed by atoms with Crippen molar-refractivity contribution in [2.24, 2.45) is 22.7 Å². The molecule has 0 amide bonds. The Kier molecular flexibility index (Phi) is 9.73. The predicted octanol–water partition coefficient (Wildman–Crippen LogP) is 4.43. The Morgan fingerprint density at radius 1 is 1.00 bits per heavy atom. The van der Waals surface area contributed by atoms with E-state index in [0.29, 0.717) is 29.6 Å². The number of esters is 4. The van der Waals surface area contributed by atoms with E-state index in [1.165, 1.54) is 20.8 Å². The van der Waals surface area contributed by atoms with Crippen LogP contribution in [0.1, 0.15) is 78.8 Å². The highest BCUT2D eigenvalue weighted by Crippen LogP contribution is 2.64. The van der Waals surface area contributed by atoms with Gasteiger partial charge in [0.2, 0.25) is 0 Å². The average Bonchev–Trinajstić information content (AvgIpc) is 2.99. The summed E-state index contributed by atoms with van der Waals surface area (Å²) in [7, 11) is 3.81. The third kappa shape index (κ3) is 6.20. The molecule has 1 N–H and O–H groups in total. The summed E-state index contributed by atoms with van der Waals surface area (Å²) in [5.41, 5.74) is 0.668. The van der Waals surface area contributed by atoms with Gasteiger partial charge in [0.05, 0.1) is 13.0 Å². The lowest BCUT2D eigenvalue weighted by Gasteiger charge is -2.64. The fraction of sp³-hybridized carbons (Fsp3) is 0.622. The number of nitrogens with zero attached hydrogens (tertiary/aromatic N) is 1. The molecule has 0 aromatic heterocycles. The molecule has 1 aromatic rings. The Balaban J connectivity index is 1.60. The minimum absolute atomic E-state index is 0.0445. The van der Waals surface area contributed by atoms with Crippen LogP contribution < -0.4 is 0 Å². The number of benzene rings is 1. The molecule has 2 aliphatic heterocycles. The van der Waals surface area contributed by atoms with E-state index >= 15 is 0 Å². The molecule has 3 fully saturated rings. The van der Waals surface area contributed by atoms with Gasteiger partial charge in [-0.2, -0.15) is 0 Å². The van der Waals surface area contributed by atoms with Crippen LogP contribution in [0.4, 0.5) is 0 Å². The van der Waals surface area contributed by atoms with Crippen LogP contribution in [0.5, 0.6) is 0 Å². The first-order valence-electron chi connectivity index (χ1n) is 16.6. The highest BCUT2D eigenvalue weighted by molar-refractivity contribution is 5.71. The predicted molar refractivity (Wildman–Crippen MR) is 174 cm³/mol. The molecule has 2 saturated carbocycles. The summed E-state index contributed by atoms with van der Waals surface area (Å²) in [5, 5.41) is 11.9. The van der Waals surface area contributed by atoms with Gasteiger partial charge in [-0.25, -0.2) is 0 Å². The number of carbonyl (C=O) groups is 4. The number of hydrogen-bond donors (Lipinski definition) is 1. The van der Waals surface area contributed by atoms with Crippen LogP contribution in [0.2, 0.25) is 0 Å². The molecular weight excluding hydrogens is 618 g/mol. The normalized spacial score (nSPS) is 36.3. The molecule has 2 heterocycles. The average molecular weight is 668 g/mol. The van der Waals surface area contributed by atoms with Gasteiger partial charge in [-0.05, 0) is 56.1 Å². The van der Waals surface area contributed by atoms with Crippen LogP contribution in [0.25, 0.3) is 0 Å². The standard InChI is InChI=1S/C37H49NO10/c1-20-28(48-29(42)17-27(38(8)9)25-13-11-10-12-14-25)15-16-35(6)30(20)32(45-22(3)39)26-18-37(43)21(2)31(36(26,7)19-44-37)33(46-23(4)40)34(35)47-24(5)41/h10-14,26-28,30,32-34,43H,1,15-19H2,2-9H3/t26-,27+,28-,30-,32+,33+,34-,35+,36+,37+/m0/s1. The third-order valence-corrected chi connectivity index (χ3v) is 11.3. The van der Waals surface area contributed by atoms with Crippen molar-refractivity contribution in [1.29, 1.82) is 0 Å². The summed E-state index contributed by atoms with van der Waals surface area (Å²) < 4.78 is 30.6. The molecular formula is C37H49NO10. The summed E-state index contributed by atoms with van der Waals surface area (Å²) in [5.74, 6) is -5.09. The first kappa shape index (κ1) is 35.8. The highest BCUT2D eigenvalue weighted by Gasteiger charge is 2.69. The molecule has 3 aliphatic carbocycles. The van der Waals surface area contributed by atoms with Crippen molar-refractivity contribution in [1.82, 2.24) is 4.90 Å². The molecule has 10 atom stereocenters. The zero-order chi connectivity index (χ0) is 35.3. The van der Waals surface area contributed by atoms with Crippen molar-refractivity contribution in [3.05, 3.63) is 59.2 Å². The van der Waals surface area contributed by atoms with Gasteiger partial charge >= 0.3 is 23.9 Å². The number of hydrogen-bond acceptors (Lipinski definition) is 11. The molecule has 0 spiro atoms. The van der Waals surface area contributed by atoms with Gasteiger partial charge in [-0.1, -0.05) is 50.8 Å². The summed E-state index contributed by atoms with van der Waals surface area (Å²) in [4.78, 5) is 54.0. The van der Waals surface area contributed by atoms with Gasteiger partial charge in [0.15, 0.2) is 11.9 Å². The topological polar surface area (TPSA) is 138 Å². The molecule has 11 heteroatoms. The number of ether oxygens (including phenoxy) is 5. The van der Waals surface area contributed by atoms with Gasteiger partial charge in [-0.15, -0.1) is 0 Å². The maximum absolute atomic E-state index is 13.6. The Labute approximate surface area is 282 Å². The van der Waals surface area contributed by atoms with E-state index in [2.05, 4.69) is 6.58 Å². The summed E-state index contributed by atoms with van der Waals surface area (Å²) in [6.45, 7) is 14.0. The van der Waals surface area contributed by atoms with Gasteiger partial charge in [-0.3, -0.25) is 19.2 Å². The quantitative estimate of drug-likeness (QED) is 0.239. The molecule has 262 valence electrons. The fourth-order valence-corrected chi connectivity index (χ4v) is 8.98. The van der Waals surface area contributed by atoms with Crippen LogP contribution in [0.3, 0.4) is 0 Å². The summed E-state index contributed by atoms with van der Waals surface area (Å²) in [6.07, 6.45) is -2.83. The number of fused-ring (bicyclic) bond motifs is 2. The lowest BCUT2D eigenvalue weighted by atomic mass is 9.48. The zero-order valence-electron chi connectivity index (χ0n) is 29.2. The number of rotatable bonds is 8. The second kappa shape index (κ2) is 13.1. The van der Waals surface area contributed by atoms with Crippen molar-refractivity contribution in [3.8, 4) is 0 Å². The maximum Gasteiger partial charge on any atom is 0.308 e. The third-order valence-electron chi connectivity index (χ3n) is 11.3. The first-order valence-corrected chi connectivity index (χ1v) is 16.6. The first-order chi connectivity index (χ1) is 22.4. The van der Waals surface area contributed by atoms with Gasteiger partial charge in [0, 0.05) is 55.9 Å². The van der Waals surface area contributed by atoms with Crippen molar-refractivity contribution < 1.29 is 48.0 Å². The highest BCUT2D eigenvalue weighted by atomic mass is 16.6. The Morgan fingerprint density at radius 2 is 1.62 bits per heavy atom. The minimum atomic E-state index is -1.73. The van der Waals surface area contributed by atoms with E-state index in [1.54, 1.807) is 6.92 Å². The maximum atomic E-state index is 13.6. The molecule has 0 radical (unpaired) electrons. The molecule has 11 nitrogen and oxygen atoms in total. The fourth-order valence-electron chi connectivity index (χ4n) is 8.98. The lowest BCUT2D eigenvalue weighted by molar-refractivity contribution is -0.284. The molecule has 0 unspecified atom stereocenters. The second-order valence-electron chi connectivity index (χ2n) is 14.6. The summed E-state index contributed by atoms with van der Waals surface area (Å²) in [6, 6.07) is 9.49. The van der Waals surface area contributed by atoms with Gasteiger partial charge in [0.25, 0.3) is 0 Å². The molecule has 48 heavy (non-hydrogen) atoms. The smallest absolute Gasteiger partial charge is 0.308 e. The van der Waals surface area contributed by atoms with E-state index in [4.69, 9.17) is 23.7 Å². The molecule has 1 aromatic carbocycles. The van der Waals surface area contributed by atoms with Crippen LogP contribution in [0, 0.1) is 22.7 Å². The van der Waals surface area contributed by atoms with Gasteiger partial charge < -0.3 is 33.7 Å². The van der Waals surface area contributed by atoms with Crippen molar-refractivity contribution in [2.75, 3.05) is 20.7 Å². The largest absolute Gasteiger partial charge is 0.462 e. The Bertz CT molecular complexity index is 1500. The Hall–Kier alpha value is -3.54. The SMILES string of the molecule is C=C1[C@@H](OC(=O)C[C@H](c2ccccc2)N(C)C)CC[C@@]2(C)[C@@H](OC(C)=O)[C@H](OC(C)=O)C3=C(C)[C@@]4(O)C[C@@H]([C@@H](OC(C)=O)[C@H]12)[C@@]3(C)CO4. The second-order valence-corrected chi connectivity index (χ2v) is 14.6. The van der Waals surface area contributed by atoms with Crippen molar-refractivity contribution >= 4 is 23.9 Å². The zero-order valence-corrected chi connectivity index (χ0v) is 29.2. The van der Waals surface area contributed by atoms with Crippen molar-refractivity contribution in [2.45, 2.75) is 103 Å². The van der Waals surface area contributed by atoms with E-state index in [-0.39, 0.29) is 25.5 Å². The number of aliphatic hydroxyl groups is 1. The van der Waals surface area contributed by atoms with Crippen LogP contribution in [0.15, 0.2) is 53.6 Å². The number of carbonyl (C=O) groups excluding carboxylic acids is 4. The monoisotopic (exact) mass is 667 g/mol. The van der Waals surface area contributed by atoms with Crippen molar-refractivity contribution in [3.63, 3.8) is 0 Å².